The maximum atomic E-state index is 9.06. The van der Waals surface area contributed by atoms with E-state index in [0.717, 1.165) is 0 Å². The molecule has 6 heteroatoms. The van der Waals surface area contributed by atoms with Crippen molar-refractivity contribution in [2.45, 2.75) is 25.0 Å². The number of nitrogens with two attached hydrogens (primary N) is 2. The summed E-state index contributed by atoms with van der Waals surface area (Å²) in [5.74, 6) is 0. The lowest BCUT2D eigenvalue weighted by molar-refractivity contribution is 0.0129. The molecule has 12 heavy (non-hydrogen) atoms. The van der Waals surface area contributed by atoms with E-state index >= 15 is 0 Å². The van der Waals surface area contributed by atoms with Gasteiger partial charge in [-0.05, 0) is 25.9 Å². The lowest BCUT2D eigenvalue weighted by Crippen LogP contribution is -2.30. The lowest BCUT2D eigenvalue weighted by Gasteiger charge is -2.15. The van der Waals surface area contributed by atoms with Crippen LogP contribution >= 0.6 is 24.8 Å². The average molecular weight is 221 g/mol. The van der Waals surface area contributed by atoms with Gasteiger partial charge in [-0.15, -0.1) is 24.8 Å². The minimum Gasteiger partial charge on any atom is -0.390 e. The molecule has 6 N–H and O–H groups in total. The van der Waals surface area contributed by atoms with Crippen molar-refractivity contribution in [3.63, 3.8) is 0 Å². The van der Waals surface area contributed by atoms with Crippen molar-refractivity contribution in [3.05, 3.63) is 0 Å². The van der Waals surface area contributed by atoms with Crippen LogP contribution in [-0.2, 0) is 0 Å². The summed E-state index contributed by atoms with van der Waals surface area (Å²) in [6, 6.07) is 0. The third-order valence-corrected chi connectivity index (χ3v) is 1.37. The first-order valence-corrected chi connectivity index (χ1v) is 3.48. The molecule has 0 aliphatic rings. The highest BCUT2D eigenvalue weighted by atomic mass is 35.5. The van der Waals surface area contributed by atoms with Crippen molar-refractivity contribution in [2.24, 2.45) is 11.5 Å². The molecule has 0 aromatic heterocycles. The van der Waals surface area contributed by atoms with E-state index in [4.69, 9.17) is 21.7 Å². The van der Waals surface area contributed by atoms with Gasteiger partial charge in [0, 0.05) is 0 Å². The van der Waals surface area contributed by atoms with Crippen molar-refractivity contribution in [2.75, 3.05) is 13.1 Å². The maximum Gasteiger partial charge on any atom is 0.0811 e. The van der Waals surface area contributed by atoms with Crippen molar-refractivity contribution in [3.8, 4) is 0 Å². The van der Waals surface area contributed by atoms with Gasteiger partial charge < -0.3 is 21.7 Å². The summed E-state index contributed by atoms with van der Waals surface area (Å²) in [6.07, 6.45) is -0.565. The second kappa shape index (κ2) is 11.4. The molecule has 0 radical (unpaired) electrons. The fourth-order valence-corrected chi connectivity index (χ4v) is 0.726. The molecule has 2 atom stereocenters. The Morgan fingerprint density at radius 3 is 1.25 bits per heavy atom. The Balaban J connectivity index is -0.000000405. The average Bonchev–Trinajstić information content (AvgIpc) is 1.89. The summed E-state index contributed by atoms with van der Waals surface area (Å²) in [7, 11) is 0. The zero-order chi connectivity index (χ0) is 7.98. The van der Waals surface area contributed by atoms with Crippen LogP contribution in [0.15, 0.2) is 0 Å². The van der Waals surface area contributed by atoms with E-state index in [1.165, 1.54) is 0 Å². The highest BCUT2D eigenvalue weighted by molar-refractivity contribution is 5.85. The van der Waals surface area contributed by atoms with E-state index in [-0.39, 0.29) is 24.8 Å². The third kappa shape index (κ3) is 8.52. The van der Waals surface area contributed by atoms with Crippen LogP contribution in [0.1, 0.15) is 12.8 Å². The molecule has 0 aromatic carbocycles. The zero-order valence-electron chi connectivity index (χ0n) is 6.85. The Kier molecular flexibility index (Phi) is 17.4. The summed E-state index contributed by atoms with van der Waals surface area (Å²) in [5, 5.41) is 18.1. The van der Waals surface area contributed by atoms with Gasteiger partial charge in [-0.3, -0.25) is 0 Å². The van der Waals surface area contributed by atoms with E-state index in [1.807, 2.05) is 0 Å². The topological polar surface area (TPSA) is 92.5 Å². The number of aliphatic hydroxyl groups is 2. The Hall–Kier alpha value is 0.420. The van der Waals surface area contributed by atoms with Crippen molar-refractivity contribution in [1.29, 1.82) is 0 Å². The molecule has 0 aromatic rings. The summed E-state index contributed by atoms with van der Waals surface area (Å²) >= 11 is 0. The van der Waals surface area contributed by atoms with Crippen LogP contribution in [0.5, 0.6) is 0 Å². The minimum absolute atomic E-state index is 0. The molecule has 2 unspecified atom stereocenters. The van der Waals surface area contributed by atoms with Crippen LogP contribution in [0.3, 0.4) is 0 Å². The number of halogens is 2. The van der Waals surface area contributed by atoms with Crippen LogP contribution in [0.4, 0.5) is 0 Å². The normalized spacial score (nSPS) is 14.0. The number of hydrogen-bond donors (Lipinski definition) is 4. The van der Waals surface area contributed by atoms with E-state index in [9.17, 15) is 0 Å². The van der Waals surface area contributed by atoms with Gasteiger partial charge in [0.15, 0.2) is 0 Å². The molecule has 0 saturated heterocycles. The van der Waals surface area contributed by atoms with Gasteiger partial charge in [0.05, 0.1) is 12.2 Å². The van der Waals surface area contributed by atoms with Gasteiger partial charge in [0.2, 0.25) is 0 Å². The molecular weight excluding hydrogens is 203 g/mol. The number of hydrogen-bond acceptors (Lipinski definition) is 4. The molecule has 0 heterocycles. The second-order valence-corrected chi connectivity index (χ2v) is 2.29. The van der Waals surface area contributed by atoms with Crippen LogP contribution in [0.25, 0.3) is 0 Å². The fraction of sp³-hybridized carbons (Fsp3) is 1.00. The smallest absolute Gasteiger partial charge is 0.0811 e. The number of aliphatic hydroxyl groups excluding tert-OH is 2. The van der Waals surface area contributed by atoms with Gasteiger partial charge in [-0.2, -0.15) is 0 Å². The molecule has 0 aliphatic carbocycles. The first-order valence-electron chi connectivity index (χ1n) is 3.48. The Morgan fingerprint density at radius 1 is 0.833 bits per heavy atom. The first-order chi connectivity index (χ1) is 4.72. The molecule has 0 amide bonds. The van der Waals surface area contributed by atoms with Crippen LogP contribution in [-0.4, -0.2) is 35.5 Å². The molecular formula is C6H18Cl2N2O2. The van der Waals surface area contributed by atoms with Gasteiger partial charge in [-0.1, -0.05) is 0 Å². The summed E-state index contributed by atoms with van der Waals surface area (Å²) < 4.78 is 0. The standard InChI is InChI=1S/C6H16N2O2.2ClH/c7-3-1-5(9)6(10)2-4-8;;/h5-6,9-10H,1-4,7-8H2;2*1H. The SMILES string of the molecule is Cl.Cl.NCCC(O)C(O)CCN. The molecule has 0 saturated carbocycles. The summed E-state index contributed by atoms with van der Waals surface area (Å²) in [6.45, 7) is 0.783. The number of rotatable bonds is 5. The monoisotopic (exact) mass is 220 g/mol. The molecule has 0 aliphatic heterocycles. The van der Waals surface area contributed by atoms with E-state index in [2.05, 4.69) is 0 Å². The van der Waals surface area contributed by atoms with Gasteiger partial charge in [0.1, 0.15) is 0 Å². The van der Waals surface area contributed by atoms with E-state index in [1.54, 1.807) is 0 Å². The first kappa shape index (κ1) is 18.3. The molecule has 0 bridgehead atoms. The van der Waals surface area contributed by atoms with Crippen LogP contribution in [0, 0.1) is 0 Å². The predicted octanol–water partition coefficient (Wildman–Crippen LogP) is -0.751. The lowest BCUT2D eigenvalue weighted by atomic mass is 10.1. The fourth-order valence-electron chi connectivity index (χ4n) is 0.726. The summed E-state index contributed by atoms with van der Waals surface area (Å²) in [4.78, 5) is 0. The molecule has 78 valence electrons. The highest BCUT2D eigenvalue weighted by Gasteiger charge is 2.13. The van der Waals surface area contributed by atoms with Gasteiger partial charge in [0.25, 0.3) is 0 Å². The Labute approximate surface area is 85.1 Å². The van der Waals surface area contributed by atoms with Gasteiger partial charge >= 0.3 is 0 Å². The second-order valence-electron chi connectivity index (χ2n) is 2.29. The Bertz CT molecular complexity index is 77.9. The zero-order valence-corrected chi connectivity index (χ0v) is 8.48. The van der Waals surface area contributed by atoms with Crippen LogP contribution in [0.2, 0.25) is 0 Å². The predicted molar refractivity (Wildman–Crippen MR) is 53.9 cm³/mol. The Morgan fingerprint density at radius 2 is 1.08 bits per heavy atom. The van der Waals surface area contributed by atoms with E-state index < -0.39 is 12.2 Å². The summed E-state index contributed by atoms with van der Waals surface area (Å²) in [5.41, 5.74) is 10.3. The molecule has 0 fully saturated rings. The molecule has 0 spiro atoms. The van der Waals surface area contributed by atoms with E-state index in [0.29, 0.717) is 25.9 Å². The minimum atomic E-state index is -0.714. The molecule has 0 rings (SSSR count). The van der Waals surface area contributed by atoms with Crippen molar-refractivity contribution < 1.29 is 10.2 Å². The third-order valence-electron chi connectivity index (χ3n) is 1.37. The molecule has 4 nitrogen and oxygen atoms in total. The quantitative estimate of drug-likeness (QED) is 0.491. The van der Waals surface area contributed by atoms with Gasteiger partial charge in [-0.25, -0.2) is 0 Å². The highest BCUT2D eigenvalue weighted by Crippen LogP contribution is 2.00. The van der Waals surface area contributed by atoms with Crippen molar-refractivity contribution >= 4 is 24.8 Å². The van der Waals surface area contributed by atoms with Crippen LogP contribution < -0.4 is 11.5 Å². The largest absolute Gasteiger partial charge is 0.390 e. The maximum absolute atomic E-state index is 9.06. The van der Waals surface area contributed by atoms with Crippen molar-refractivity contribution in [1.82, 2.24) is 0 Å².